The van der Waals surface area contributed by atoms with Gasteiger partial charge in [0, 0.05) is 35.5 Å². The predicted molar refractivity (Wildman–Crippen MR) is 146 cm³/mol. The van der Waals surface area contributed by atoms with E-state index in [1.165, 1.54) is 0 Å². The minimum Gasteiger partial charge on any atom is -0.505 e. The number of phenolic OH excluding ortho intramolecular Hbond substituents is 1. The summed E-state index contributed by atoms with van der Waals surface area (Å²) in [4.78, 5) is 12.7. The van der Waals surface area contributed by atoms with Gasteiger partial charge in [0.05, 0.1) is 33.4 Å². The lowest BCUT2D eigenvalue weighted by atomic mass is 9.59. The third kappa shape index (κ3) is 3.78. The molecule has 4 aliphatic rings. The Labute approximate surface area is 245 Å². The molecular weight excluding hydrogens is 602 g/mol. The number of fused-ring (bicyclic) bond motifs is 5. The van der Waals surface area contributed by atoms with Gasteiger partial charge in [-0.15, -0.1) is 0 Å². The molecule has 7 nitrogen and oxygen atoms in total. The van der Waals surface area contributed by atoms with Gasteiger partial charge in [0.25, 0.3) is 0 Å². The molecule has 0 heterocycles. The summed E-state index contributed by atoms with van der Waals surface area (Å²) in [6.07, 6.45) is 2.08. The van der Waals surface area contributed by atoms with E-state index < -0.39 is 57.8 Å². The van der Waals surface area contributed by atoms with Crippen molar-refractivity contribution in [2.24, 2.45) is 29.1 Å². The fourth-order valence-electron chi connectivity index (χ4n) is 7.04. The number of ketones is 1. The summed E-state index contributed by atoms with van der Waals surface area (Å²) in [6, 6.07) is 0. The highest BCUT2D eigenvalue weighted by Gasteiger charge is 2.84. The number of aliphatic hydroxyl groups is 5. The van der Waals surface area contributed by atoms with E-state index in [1.807, 2.05) is 13.8 Å². The minimum absolute atomic E-state index is 0.00904. The first kappa shape index (κ1) is 30.4. The summed E-state index contributed by atoms with van der Waals surface area (Å²) in [6.45, 7) is 6.63. The van der Waals surface area contributed by atoms with Gasteiger partial charge in [-0.1, -0.05) is 90.9 Å². The fraction of sp³-hybridized carbons (Fsp3) is 0.577. The predicted octanol–water partition coefficient (Wildman–Crippen LogP) is 4.59. The van der Waals surface area contributed by atoms with Gasteiger partial charge < -0.3 is 30.6 Å². The molecule has 38 heavy (non-hydrogen) atoms. The van der Waals surface area contributed by atoms with Crippen molar-refractivity contribution < 1.29 is 35.4 Å². The van der Waals surface area contributed by atoms with Crippen LogP contribution in [0.15, 0.2) is 23.3 Å². The monoisotopic (exact) mass is 628 g/mol. The van der Waals surface area contributed by atoms with Crippen molar-refractivity contribution in [2.75, 3.05) is 6.61 Å². The zero-order valence-electron chi connectivity index (χ0n) is 20.9. The molecule has 0 aromatic heterocycles. The van der Waals surface area contributed by atoms with Crippen LogP contribution >= 0.6 is 58.0 Å². The Kier molecular flexibility index (Phi) is 7.58. The first-order valence-corrected chi connectivity index (χ1v) is 13.8. The maximum Gasteiger partial charge on any atom is 0.190 e. The van der Waals surface area contributed by atoms with E-state index in [9.17, 15) is 35.4 Å². The van der Waals surface area contributed by atoms with Crippen molar-refractivity contribution in [3.8, 4) is 5.75 Å². The van der Waals surface area contributed by atoms with Crippen LogP contribution in [-0.2, 0) is 4.79 Å². The van der Waals surface area contributed by atoms with Gasteiger partial charge >= 0.3 is 0 Å². The highest BCUT2D eigenvalue weighted by atomic mass is 35.5. The van der Waals surface area contributed by atoms with E-state index in [1.54, 1.807) is 26.0 Å². The summed E-state index contributed by atoms with van der Waals surface area (Å²) in [5.41, 5.74) is -4.57. The molecule has 1 aromatic rings. The van der Waals surface area contributed by atoms with Crippen LogP contribution < -0.4 is 0 Å². The molecule has 6 N–H and O–H groups in total. The molecule has 2 saturated carbocycles. The lowest BCUT2D eigenvalue weighted by Crippen LogP contribution is -2.65. The zero-order chi connectivity index (χ0) is 28.9. The Morgan fingerprint density at radius 3 is 1.95 bits per heavy atom. The molecule has 0 amide bonds. The topological polar surface area (TPSA) is 138 Å². The quantitative estimate of drug-likeness (QED) is 0.152. The van der Waals surface area contributed by atoms with Crippen LogP contribution in [0.4, 0.5) is 0 Å². The molecule has 5 rings (SSSR count). The third-order valence-corrected chi connectivity index (χ3v) is 11.5. The summed E-state index contributed by atoms with van der Waals surface area (Å²) in [5.74, 6) is -3.50. The molecule has 0 bridgehead atoms. The molecule has 4 aliphatic carbocycles. The summed E-state index contributed by atoms with van der Waals surface area (Å²) >= 11 is 27.9. The number of halogens is 5. The Hall–Kier alpha value is -0.580. The molecule has 210 valence electrons. The van der Waals surface area contributed by atoms with E-state index in [-0.39, 0.29) is 43.9 Å². The lowest BCUT2D eigenvalue weighted by molar-refractivity contribution is -0.209. The molecule has 0 saturated heterocycles. The smallest absolute Gasteiger partial charge is 0.190 e. The standard InChI is InChI=1S/C20H28O6.C6HCl5O/c1-9-5-13-18(24,15(9)22)7-11(8-21)6-12-14-17(3,4)20(14,26)16(23)10(2)19(12,13)25;7-1-2(8)4(10)6(12)5(11)3(1)9/h5-6,10,12-14,16,21,23-26H,7-8H2,1-4H3;12H/t10-,12+,13-,14-,16-,18-,19-,20-;/m1./s1. The maximum atomic E-state index is 12.7. The number of benzene rings is 1. The summed E-state index contributed by atoms with van der Waals surface area (Å²) in [5, 5.41) is 64.0. The van der Waals surface area contributed by atoms with Gasteiger partial charge in [-0.3, -0.25) is 4.79 Å². The number of rotatable bonds is 1. The molecule has 1 aromatic carbocycles. The van der Waals surface area contributed by atoms with Gasteiger partial charge in [0.2, 0.25) is 0 Å². The SMILES string of the molecule is CC1=C[C@H]2[C@@]3(O)[C@H](C)[C@@H](O)[C@]4(O)[C@H]([C@@H]3C=C(CO)C[C@]2(O)C1=O)C4(C)C.Oc1c(Cl)c(Cl)c(Cl)c(Cl)c1Cl. The van der Waals surface area contributed by atoms with Crippen molar-refractivity contribution in [1.82, 2.24) is 0 Å². The maximum absolute atomic E-state index is 12.7. The molecule has 0 unspecified atom stereocenters. The van der Waals surface area contributed by atoms with Crippen molar-refractivity contribution in [1.29, 1.82) is 0 Å². The van der Waals surface area contributed by atoms with E-state index in [0.29, 0.717) is 11.1 Å². The van der Waals surface area contributed by atoms with E-state index in [4.69, 9.17) is 58.0 Å². The first-order chi connectivity index (χ1) is 17.3. The number of hydrogen-bond donors (Lipinski definition) is 6. The highest BCUT2D eigenvalue weighted by Crippen LogP contribution is 2.74. The van der Waals surface area contributed by atoms with E-state index >= 15 is 0 Å². The van der Waals surface area contributed by atoms with Crippen LogP contribution in [0.3, 0.4) is 0 Å². The second-order valence-corrected chi connectivity index (χ2v) is 13.2. The molecular formula is C26H29Cl5O7. The number of aromatic hydroxyl groups is 1. The molecule has 12 heteroatoms. The van der Waals surface area contributed by atoms with E-state index in [0.717, 1.165) is 0 Å². The zero-order valence-corrected chi connectivity index (χ0v) is 24.7. The number of aliphatic hydroxyl groups excluding tert-OH is 2. The van der Waals surface area contributed by atoms with Gasteiger partial charge in [-0.2, -0.15) is 0 Å². The largest absolute Gasteiger partial charge is 0.505 e. The third-order valence-electron chi connectivity index (χ3n) is 9.23. The van der Waals surface area contributed by atoms with Crippen LogP contribution in [0.2, 0.25) is 25.1 Å². The van der Waals surface area contributed by atoms with Crippen LogP contribution in [0.1, 0.15) is 34.1 Å². The number of hydrogen-bond acceptors (Lipinski definition) is 7. The van der Waals surface area contributed by atoms with Crippen LogP contribution in [0.5, 0.6) is 5.75 Å². The van der Waals surface area contributed by atoms with Crippen molar-refractivity contribution in [2.45, 2.75) is 57.0 Å². The highest BCUT2D eigenvalue weighted by molar-refractivity contribution is 6.55. The second kappa shape index (κ2) is 9.48. The summed E-state index contributed by atoms with van der Waals surface area (Å²) < 4.78 is 0. The Balaban J connectivity index is 0.000000236. The van der Waals surface area contributed by atoms with Crippen LogP contribution in [-0.4, -0.2) is 65.9 Å². The molecule has 0 radical (unpaired) electrons. The number of carbonyl (C=O) groups is 1. The van der Waals surface area contributed by atoms with E-state index in [2.05, 4.69) is 0 Å². The first-order valence-electron chi connectivity index (χ1n) is 11.9. The second-order valence-electron chi connectivity index (χ2n) is 11.3. The Morgan fingerprint density at radius 1 is 0.947 bits per heavy atom. The molecule has 8 atom stereocenters. The Morgan fingerprint density at radius 2 is 1.45 bits per heavy atom. The van der Waals surface area contributed by atoms with Gasteiger partial charge in [-0.05, 0) is 18.1 Å². The van der Waals surface area contributed by atoms with Gasteiger partial charge in [0.1, 0.15) is 21.2 Å². The molecule has 2 fully saturated rings. The number of phenols is 1. The van der Waals surface area contributed by atoms with Crippen molar-refractivity contribution in [3.63, 3.8) is 0 Å². The Bertz CT molecular complexity index is 1170. The van der Waals surface area contributed by atoms with Crippen LogP contribution in [0, 0.1) is 29.1 Å². The number of carbonyl (C=O) groups excluding carboxylic acids is 1. The van der Waals surface area contributed by atoms with Crippen molar-refractivity contribution >= 4 is 63.8 Å². The normalized spacial score (nSPS) is 40.6. The molecule has 0 spiro atoms. The van der Waals surface area contributed by atoms with Gasteiger partial charge in [-0.25, -0.2) is 0 Å². The summed E-state index contributed by atoms with van der Waals surface area (Å²) in [7, 11) is 0. The minimum atomic E-state index is -1.84. The fourth-order valence-corrected chi connectivity index (χ4v) is 8.17. The average Bonchev–Trinajstić information content (AvgIpc) is 3.27. The molecule has 0 aliphatic heterocycles. The van der Waals surface area contributed by atoms with Crippen LogP contribution in [0.25, 0.3) is 0 Å². The van der Waals surface area contributed by atoms with Gasteiger partial charge in [0.15, 0.2) is 11.5 Å². The number of Topliss-reactive ketones (excluding diaryl/α,β-unsaturated/α-hetero) is 1. The average molecular weight is 631 g/mol. The lowest BCUT2D eigenvalue weighted by Gasteiger charge is -2.51. The van der Waals surface area contributed by atoms with Crippen molar-refractivity contribution in [3.05, 3.63) is 48.4 Å².